The van der Waals surface area contributed by atoms with Crippen LogP contribution in [0.25, 0.3) is 0 Å². The molecule has 0 aliphatic heterocycles. The zero-order valence-corrected chi connectivity index (χ0v) is 12.5. The Hall–Kier alpha value is -1.00. The zero-order chi connectivity index (χ0) is 13.7. The summed E-state index contributed by atoms with van der Waals surface area (Å²) in [5.74, 6) is 0.881. The summed E-state index contributed by atoms with van der Waals surface area (Å²) in [6.45, 7) is 12.4. The number of nitrogens with one attached hydrogen (secondary N) is 1. The molecule has 4 nitrogen and oxygen atoms in total. The first-order chi connectivity index (χ1) is 8.38. The second-order valence-electron chi connectivity index (χ2n) is 5.38. The van der Waals surface area contributed by atoms with Crippen LogP contribution in [0.2, 0.25) is 0 Å². The van der Waals surface area contributed by atoms with Crippen molar-refractivity contribution in [3.8, 4) is 0 Å². The van der Waals surface area contributed by atoms with Crippen LogP contribution in [0.1, 0.15) is 38.0 Å². The van der Waals surface area contributed by atoms with Gasteiger partial charge in [0, 0.05) is 30.0 Å². The Morgan fingerprint density at radius 2 is 1.72 bits per heavy atom. The summed E-state index contributed by atoms with van der Waals surface area (Å²) < 4.78 is 0. The summed E-state index contributed by atoms with van der Waals surface area (Å²) in [6.07, 6.45) is 0. The highest BCUT2D eigenvalue weighted by Gasteiger charge is 2.09. The Morgan fingerprint density at radius 1 is 1.17 bits per heavy atom. The van der Waals surface area contributed by atoms with E-state index in [0.717, 1.165) is 30.3 Å². The van der Waals surface area contributed by atoms with E-state index < -0.39 is 0 Å². The Kier molecular flexibility index (Phi) is 5.69. The van der Waals surface area contributed by atoms with Crippen molar-refractivity contribution >= 4 is 0 Å². The summed E-state index contributed by atoms with van der Waals surface area (Å²) in [4.78, 5) is 11.2. The Morgan fingerprint density at radius 3 is 2.22 bits per heavy atom. The second kappa shape index (κ2) is 6.81. The SMILES string of the molecule is Cc1cc(C)nc(CNC(C)CN(C)C(C)C)n1. The first kappa shape index (κ1) is 15.1. The minimum atomic E-state index is 0.432. The van der Waals surface area contributed by atoms with E-state index in [9.17, 15) is 0 Å². The van der Waals surface area contributed by atoms with Crippen LogP contribution < -0.4 is 5.32 Å². The van der Waals surface area contributed by atoms with Gasteiger partial charge in [-0.15, -0.1) is 0 Å². The maximum Gasteiger partial charge on any atom is 0.142 e. The molecule has 102 valence electrons. The van der Waals surface area contributed by atoms with Crippen molar-refractivity contribution in [1.82, 2.24) is 20.2 Å². The van der Waals surface area contributed by atoms with E-state index in [2.05, 4.69) is 48.0 Å². The fourth-order valence-corrected chi connectivity index (χ4v) is 1.85. The van der Waals surface area contributed by atoms with E-state index in [4.69, 9.17) is 0 Å². The third-order valence-corrected chi connectivity index (χ3v) is 3.08. The highest BCUT2D eigenvalue weighted by atomic mass is 15.1. The summed E-state index contributed by atoms with van der Waals surface area (Å²) in [6, 6.07) is 3.01. The summed E-state index contributed by atoms with van der Waals surface area (Å²) in [7, 11) is 2.15. The van der Waals surface area contributed by atoms with Crippen LogP contribution in [-0.4, -0.2) is 40.5 Å². The van der Waals surface area contributed by atoms with Crippen molar-refractivity contribution in [3.05, 3.63) is 23.3 Å². The maximum atomic E-state index is 4.43. The van der Waals surface area contributed by atoms with Crippen LogP contribution in [0.4, 0.5) is 0 Å². The lowest BCUT2D eigenvalue weighted by Crippen LogP contribution is -2.40. The van der Waals surface area contributed by atoms with Gasteiger partial charge in [-0.25, -0.2) is 9.97 Å². The van der Waals surface area contributed by atoms with Crippen molar-refractivity contribution in [2.45, 2.75) is 53.2 Å². The Labute approximate surface area is 111 Å². The summed E-state index contributed by atoms with van der Waals surface area (Å²) in [5.41, 5.74) is 2.07. The third-order valence-electron chi connectivity index (χ3n) is 3.08. The van der Waals surface area contributed by atoms with Gasteiger partial charge in [-0.1, -0.05) is 0 Å². The van der Waals surface area contributed by atoms with Crippen LogP contribution in [0.3, 0.4) is 0 Å². The first-order valence-corrected chi connectivity index (χ1v) is 6.63. The average molecular weight is 250 g/mol. The molecule has 0 fully saturated rings. The Balaban J connectivity index is 2.44. The van der Waals surface area contributed by atoms with Crippen molar-refractivity contribution in [2.75, 3.05) is 13.6 Å². The monoisotopic (exact) mass is 250 g/mol. The number of rotatable bonds is 6. The molecule has 0 aliphatic rings. The number of aromatic nitrogens is 2. The molecule has 18 heavy (non-hydrogen) atoms. The van der Waals surface area contributed by atoms with Crippen LogP contribution in [-0.2, 0) is 6.54 Å². The Bertz CT molecular complexity index is 356. The topological polar surface area (TPSA) is 41.1 Å². The van der Waals surface area contributed by atoms with Gasteiger partial charge in [-0.05, 0) is 47.7 Å². The molecular formula is C14H26N4. The maximum absolute atomic E-state index is 4.43. The molecule has 1 N–H and O–H groups in total. The second-order valence-corrected chi connectivity index (χ2v) is 5.38. The quantitative estimate of drug-likeness (QED) is 0.837. The average Bonchev–Trinajstić information content (AvgIpc) is 2.25. The minimum Gasteiger partial charge on any atom is -0.306 e. The molecule has 1 rings (SSSR count). The molecule has 1 aromatic heterocycles. The molecule has 1 heterocycles. The summed E-state index contributed by atoms with van der Waals surface area (Å²) >= 11 is 0. The van der Waals surface area contributed by atoms with E-state index in [1.54, 1.807) is 0 Å². The molecule has 1 unspecified atom stereocenters. The molecule has 0 saturated carbocycles. The van der Waals surface area contributed by atoms with Crippen molar-refractivity contribution < 1.29 is 0 Å². The van der Waals surface area contributed by atoms with Crippen LogP contribution >= 0.6 is 0 Å². The van der Waals surface area contributed by atoms with Gasteiger partial charge in [-0.2, -0.15) is 0 Å². The normalized spacial score (nSPS) is 13.3. The van der Waals surface area contributed by atoms with E-state index in [1.165, 1.54) is 0 Å². The molecule has 0 bridgehead atoms. The molecule has 0 aliphatic carbocycles. The van der Waals surface area contributed by atoms with Crippen LogP contribution in [0.15, 0.2) is 6.07 Å². The molecule has 1 aromatic rings. The highest BCUT2D eigenvalue weighted by Crippen LogP contribution is 2.00. The van der Waals surface area contributed by atoms with E-state index in [0.29, 0.717) is 12.1 Å². The molecule has 4 heteroatoms. The van der Waals surface area contributed by atoms with Crippen molar-refractivity contribution in [1.29, 1.82) is 0 Å². The smallest absolute Gasteiger partial charge is 0.142 e. The van der Waals surface area contributed by atoms with Gasteiger partial charge in [-0.3, -0.25) is 0 Å². The fourth-order valence-electron chi connectivity index (χ4n) is 1.85. The molecule has 0 amide bonds. The first-order valence-electron chi connectivity index (χ1n) is 6.63. The lowest BCUT2D eigenvalue weighted by molar-refractivity contribution is 0.246. The van der Waals surface area contributed by atoms with E-state index in [-0.39, 0.29) is 0 Å². The van der Waals surface area contributed by atoms with Gasteiger partial charge in [0.05, 0.1) is 6.54 Å². The third kappa shape index (κ3) is 5.10. The zero-order valence-electron chi connectivity index (χ0n) is 12.5. The van der Waals surface area contributed by atoms with Crippen molar-refractivity contribution in [3.63, 3.8) is 0 Å². The van der Waals surface area contributed by atoms with Gasteiger partial charge in [0.25, 0.3) is 0 Å². The molecule has 0 spiro atoms. The van der Waals surface area contributed by atoms with E-state index in [1.807, 2.05) is 19.9 Å². The number of aryl methyl sites for hydroxylation is 2. The summed E-state index contributed by atoms with van der Waals surface area (Å²) in [5, 5.41) is 3.47. The van der Waals surface area contributed by atoms with Crippen LogP contribution in [0, 0.1) is 13.8 Å². The number of likely N-dealkylation sites (N-methyl/N-ethyl adjacent to an activating group) is 1. The predicted molar refractivity (Wildman–Crippen MR) is 75.6 cm³/mol. The van der Waals surface area contributed by atoms with Gasteiger partial charge in [0.1, 0.15) is 5.82 Å². The number of hydrogen-bond donors (Lipinski definition) is 1. The van der Waals surface area contributed by atoms with Gasteiger partial charge in [0.2, 0.25) is 0 Å². The molecule has 1 atom stereocenters. The molecule has 0 radical (unpaired) electrons. The number of hydrogen-bond acceptors (Lipinski definition) is 4. The standard InChI is InChI=1S/C14H26N4/c1-10(2)18(6)9-13(5)15-8-14-16-11(3)7-12(4)17-14/h7,10,13,15H,8-9H2,1-6H3. The number of nitrogens with zero attached hydrogens (tertiary/aromatic N) is 3. The van der Waals surface area contributed by atoms with Crippen molar-refractivity contribution in [2.24, 2.45) is 0 Å². The lowest BCUT2D eigenvalue weighted by atomic mass is 10.2. The fraction of sp³-hybridized carbons (Fsp3) is 0.714. The van der Waals surface area contributed by atoms with Crippen LogP contribution in [0.5, 0.6) is 0 Å². The molecule has 0 aromatic carbocycles. The van der Waals surface area contributed by atoms with Gasteiger partial charge in [0.15, 0.2) is 0 Å². The van der Waals surface area contributed by atoms with Gasteiger partial charge >= 0.3 is 0 Å². The minimum absolute atomic E-state index is 0.432. The largest absolute Gasteiger partial charge is 0.306 e. The molecular weight excluding hydrogens is 224 g/mol. The van der Waals surface area contributed by atoms with E-state index >= 15 is 0 Å². The highest BCUT2D eigenvalue weighted by molar-refractivity contribution is 5.08. The lowest BCUT2D eigenvalue weighted by Gasteiger charge is -2.25. The predicted octanol–water partition coefficient (Wildman–Crippen LogP) is 1.91. The molecule has 0 saturated heterocycles. The van der Waals surface area contributed by atoms with Gasteiger partial charge < -0.3 is 10.2 Å².